The van der Waals surface area contributed by atoms with Crippen LogP contribution in [0.4, 0.5) is 0 Å². The molecule has 0 bridgehead atoms. The first kappa shape index (κ1) is 12.0. The smallest absolute Gasteiger partial charge is 0.397 e. The molecule has 1 aromatic heterocycles. The predicted molar refractivity (Wildman–Crippen MR) is 68.4 cm³/mol. The number of rotatable bonds is 3. The van der Waals surface area contributed by atoms with Gasteiger partial charge in [-0.05, 0) is 41.6 Å². The molecule has 0 fully saturated rings. The molecule has 0 spiro atoms. The van der Waals surface area contributed by atoms with Gasteiger partial charge in [0.2, 0.25) is 5.82 Å². The molecule has 0 N–H and O–H groups in total. The number of carbonyl (C=O) groups is 1. The zero-order valence-corrected chi connectivity index (χ0v) is 11.2. The first-order chi connectivity index (χ1) is 8.20. The molecule has 1 aromatic carbocycles. The van der Waals surface area contributed by atoms with E-state index in [1.165, 1.54) is 0 Å². The van der Waals surface area contributed by atoms with Crippen LogP contribution in [-0.4, -0.2) is 22.7 Å². The first-order valence-corrected chi connectivity index (χ1v) is 6.05. The van der Waals surface area contributed by atoms with Crippen LogP contribution in [0.1, 0.15) is 17.6 Å². The van der Waals surface area contributed by atoms with Crippen molar-refractivity contribution in [3.05, 3.63) is 33.7 Å². The van der Waals surface area contributed by atoms with Crippen molar-refractivity contribution in [3.8, 4) is 11.4 Å². The van der Waals surface area contributed by atoms with Crippen LogP contribution in [0.3, 0.4) is 0 Å². The number of esters is 1. The Labute approximate surface area is 111 Å². The highest BCUT2D eigenvalue weighted by molar-refractivity contribution is 14.1. The second-order valence-corrected chi connectivity index (χ2v) is 4.40. The van der Waals surface area contributed by atoms with E-state index in [0.29, 0.717) is 5.82 Å². The van der Waals surface area contributed by atoms with Gasteiger partial charge in [0.25, 0.3) is 0 Å². The molecule has 88 valence electrons. The van der Waals surface area contributed by atoms with Gasteiger partial charge in [0.15, 0.2) is 0 Å². The lowest BCUT2D eigenvalue weighted by Gasteiger charge is -1.94. The molecule has 1 heterocycles. The van der Waals surface area contributed by atoms with Gasteiger partial charge >= 0.3 is 11.9 Å². The van der Waals surface area contributed by atoms with E-state index >= 15 is 0 Å². The van der Waals surface area contributed by atoms with Crippen LogP contribution in [0.25, 0.3) is 11.4 Å². The Morgan fingerprint density at radius 3 is 2.76 bits per heavy atom. The van der Waals surface area contributed by atoms with E-state index < -0.39 is 5.97 Å². The number of carbonyl (C=O) groups excluding carboxylic acids is 1. The molecule has 2 aromatic rings. The van der Waals surface area contributed by atoms with Crippen LogP contribution >= 0.6 is 22.6 Å². The fourth-order valence-electron chi connectivity index (χ4n) is 1.22. The largest absolute Gasteiger partial charge is 0.459 e. The summed E-state index contributed by atoms with van der Waals surface area (Å²) in [5, 5.41) is 3.73. The number of aromatic nitrogens is 2. The van der Waals surface area contributed by atoms with Crippen LogP contribution in [0, 0.1) is 3.57 Å². The van der Waals surface area contributed by atoms with Gasteiger partial charge in [-0.2, -0.15) is 4.98 Å². The summed E-state index contributed by atoms with van der Waals surface area (Å²) in [6.07, 6.45) is 0. The Morgan fingerprint density at radius 1 is 1.41 bits per heavy atom. The minimum Gasteiger partial charge on any atom is -0.459 e. The predicted octanol–water partition coefficient (Wildman–Crippen LogP) is 2.52. The normalized spacial score (nSPS) is 10.2. The van der Waals surface area contributed by atoms with Gasteiger partial charge in [0.1, 0.15) is 0 Å². The number of benzene rings is 1. The molecule has 0 aliphatic rings. The van der Waals surface area contributed by atoms with Crippen molar-refractivity contribution in [3.63, 3.8) is 0 Å². The highest BCUT2D eigenvalue weighted by Crippen LogP contribution is 2.17. The summed E-state index contributed by atoms with van der Waals surface area (Å²) >= 11 is 2.20. The minimum atomic E-state index is -0.600. The number of halogens is 1. The molecule has 2 rings (SSSR count). The second kappa shape index (κ2) is 5.26. The van der Waals surface area contributed by atoms with E-state index in [1.807, 2.05) is 24.3 Å². The number of hydrogen-bond acceptors (Lipinski definition) is 5. The fraction of sp³-hybridized carbons (Fsp3) is 0.182. The van der Waals surface area contributed by atoms with Crippen molar-refractivity contribution in [2.75, 3.05) is 6.61 Å². The van der Waals surface area contributed by atoms with Crippen molar-refractivity contribution < 1.29 is 14.1 Å². The van der Waals surface area contributed by atoms with Crippen molar-refractivity contribution in [1.29, 1.82) is 0 Å². The van der Waals surface area contributed by atoms with Gasteiger partial charge in [0, 0.05) is 9.13 Å². The molecule has 0 radical (unpaired) electrons. The summed E-state index contributed by atoms with van der Waals surface area (Å²) in [5.41, 5.74) is 0.796. The van der Waals surface area contributed by atoms with Crippen molar-refractivity contribution in [2.24, 2.45) is 0 Å². The SMILES string of the molecule is CCOC(=O)c1nc(-c2ccc(I)cc2)no1. The maximum Gasteiger partial charge on any atom is 0.397 e. The highest BCUT2D eigenvalue weighted by atomic mass is 127. The Kier molecular flexibility index (Phi) is 3.72. The molecule has 0 saturated heterocycles. The third-order valence-corrected chi connectivity index (χ3v) is 2.70. The lowest BCUT2D eigenvalue weighted by Crippen LogP contribution is -2.04. The standard InChI is InChI=1S/C11H9IN2O3/c1-2-16-11(15)10-13-9(14-17-10)7-3-5-8(12)6-4-7/h3-6H,2H2,1H3. The molecule has 6 heteroatoms. The number of nitrogens with zero attached hydrogens (tertiary/aromatic N) is 2. The molecule has 0 amide bonds. The van der Waals surface area contributed by atoms with Gasteiger partial charge in [-0.1, -0.05) is 17.3 Å². The van der Waals surface area contributed by atoms with Crippen LogP contribution in [-0.2, 0) is 4.74 Å². The molecule has 5 nitrogen and oxygen atoms in total. The maximum absolute atomic E-state index is 11.3. The molecule has 0 atom stereocenters. The lowest BCUT2D eigenvalue weighted by atomic mass is 10.2. The molecule has 0 unspecified atom stereocenters. The Bertz CT molecular complexity index is 522. The first-order valence-electron chi connectivity index (χ1n) is 4.97. The zero-order valence-electron chi connectivity index (χ0n) is 9.01. The average Bonchev–Trinajstić information content (AvgIpc) is 2.80. The van der Waals surface area contributed by atoms with Crippen LogP contribution in [0.15, 0.2) is 28.8 Å². The summed E-state index contributed by atoms with van der Waals surface area (Å²) in [6, 6.07) is 7.58. The molecular formula is C11H9IN2O3. The summed E-state index contributed by atoms with van der Waals surface area (Å²) in [6.45, 7) is 1.99. The summed E-state index contributed by atoms with van der Waals surface area (Å²) in [4.78, 5) is 15.3. The number of hydrogen-bond donors (Lipinski definition) is 0. The van der Waals surface area contributed by atoms with Crippen molar-refractivity contribution in [1.82, 2.24) is 10.1 Å². The average molecular weight is 344 g/mol. The molecule has 0 aliphatic heterocycles. The molecule has 0 saturated carbocycles. The summed E-state index contributed by atoms with van der Waals surface area (Å²) < 4.78 is 10.7. The van der Waals surface area contributed by atoms with E-state index in [-0.39, 0.29) is 12.5 Å². The van der Waals surface area contributed by atoms with E-state index in [4.69, 9.17) is 9.26 Å². The van der Waals surface area contributed by atoms with Crippen molar-refractivity contribution in [2.45, 2.75) is 6.92 Å². The van der Waals surface area contributed by atoms with Gasteiger partial charge in [-0.15, -0.1) is 0 Å². The summed E-state index contributed by atoms with van der Waals surface area (Å²) in [5.74, 6) is -0.346. The Hall–Kier alpha value is -1.44. The van der Waals surface area contributed by atoms with Crippen LogP contribution in [0.2, 0.25) is 0 Å². The van der Waals surface area contributed by atoms with Crippen LogP contribution < -0.4 is 0 Å². The van der Waals surface area contributed by atoms with E-state index in [0.717, 1.165) is 9.13 Å². The van der Waals surface area contributed by atoms with Gasteiger partial charge in [-0.3, -0.25) is 0 Å². The molecular weight excluding hydrogens is 335 g/mol. The highest BCUT2D eigenvalue weighted by Gasteiger charge is 2.16. The third kappa shape index (κ3) is 2.82. The van der Waals surface area contributed by atoms with Gasteiger partial charge in [0.05, 0.1) is 6.61 Å². The molecule has 17 heavy (non-hydrogen) atoms. The van der Waals surface area contributed by atoms with Gasteiger partial charge < -0.3 is 9.26 Å². The topological polar surface area (TPSA) is 65.2 Å². The lowest BCUT2D eigenvalue weighted by molar-refractivity contribution is 0.0470. The monoisotopic (exact) mass is 344 g/mol. The third-order valence-electron chi connectivity index (χ3n) is 1.98. The fourth-order valence-corrected chi connectivity index (χ4v) is 1.58. The minimum absolute atomic E-state index is 0.125. The quantitative estimate of drug-likeness (QED) is 0.632. The maximum atomic E-state index is 11.3. The van der Waals surface area contributed by atoms with E-state index in [9.17, 15) is 4.79 Å². The van der Waals surface area contributed by atoms with Crippen molar-refractivity contribution >= 4 is 28.6 Å². The number of ether oxygens (including phenoxy) is 1. The Morgan fingerprint density at radius 2 is 2.12 bits per heavy atom. The molecule has 0 aliphatic carbocycles. The second-order valence-electron chi connectivity index (χ2n) is 3.15. The van der Waals surface area contributed by atoms with Crippen LogP contribution in [0.5, 0.6) is 0 Å². The zero-order chi connectivity index (χ0) is 12.3. The van der Waals surface area contributed by atoms with E-state index in [1.54, 1.807) is 6.92 Å². The summed E-state index contributed by atoms with van der Waals surface area (Å²) in [7, 11) is 0. The van der Waals surface area contributed by atoms with E-state index in [2.05, 4.69) is 32.7 Å². The Balaban J connectivity index is 2.23. The van der Waals surface area contributed by atoms with Gasteiger partial charge in [-0.25, -0.2) is 4.79 Å².